The molecule has 6 heteroatoms. The van der Waals surface area contributed by atoms with Gasteiger partial charge in [0.1, 0.15) is 5.82 Å². The minimum absolute atomic E-state index is 0. The first-order chi connectivity index (χ1) is 8.13. The largest absolute Gasteiger partial charge is 0.351 e. The molecule has 0 spiro atoms. The lowest BCUT2D eigenvalue weighted by Crippen LogP contribution is -2.32. The lowest BCUT2D eigenvalue weighted by Gasteiger charge is -2.06. The van der Waals surface area contributed by atoms with Gasteiger partial charge in [-0.2, -0.15) is 0 Å². The Bertz CT molecular complexity index is 368. The van der Waals surface area contributed by atoms with E-state index in [1.807, 2.05) is 0 Å². The van der Waals surface area contributed by atoms with E-state index in [0.717, 1.165) is 13.0 Å². The predicted molar refractivity (Wildman–Crippen MR) is 74.2 cm³/mol. The zero-order chi connectivity index (χ0) is 12.7. The molecule has 0 heterocycles. The van der Waals surface area contributed by atoms with E-state index >= 15 is 0 Å². The Kier molecular flexibility index (Phi) is 8.71. The second kappa shape index (κ2) is 9.14. The Morgan fingerprint density at radius 3 is 2.61 bits per heavy atom. The zero-order valence-corrected chi connectivity index (χ0v) is 11.7. The van der Waals surface area contributed by atoms with Crippen LogP contribution < -0.4 is 10.6 Å². The Balaban J connectivity index is 0.00000289. The summed E-state index contributed by atoms with van der Waals surface area (Å²) in [5.41, 5.74) is 0.241. The van der Waals surface area contributed by atoms with Crippen molar-refractivity contribution in [1.29, 1.82) is 0 Å². The first-order valence-corrected chi connectivity index (χ1v) is 5.96. The highest BCUT2D eigenvalue weighted by atomic mass is 35.5. The highest BCUT2D eigenvalue weighted by Crippen LogP contribution is 2.13. The minimum atomic E-state index is -0.508. The number of nitrogens with one attached hydrogen (secondary N) is 2. The molecule has 0 saturated heterocycles. The standard InChI is InChI=1S/C12H16ClFN2O.ClH/c1-2-3-15-4-5-16-12(17)9-6-10(13)8-11(14)7-9;/h6-8,15H,2-5H2,1H3,(H,16,17);1H. The summed E-state index contributed by atoms with van der Waals surface area (Å²) in [4.78, 5) is 11.6. The molecule has 1 aromatic carbocycles. The first-order valence-electron chi connectivity index (χ1n) is 5.58. The van der Waals surface area contributed by atoms with Crippen molar-refractivity contribution in [2.45, 2.75) is 13.3 Å². The van der Waals surface area contributed by atoms with Gasteiger partial charge in [-0.3, -0.25) is 4.79 Å². The molecule has 102 valence electrons. The summed E-state index contributed by atoms with van der Waals surface area (Å²) in [6.45, 7) is 4.19. The van der Waals surface area contributed by atoms with Crippen LogP contribution in [0.5, 0.6) is 0 Å². The van der Waals surface area contributed by atoms with Crippen LogP contribution in [0.3, 0.4) is 0 Å². The van der Waals surface area contributed by atoms with Gasteiger partial charge in [0, 0.05) is 23.7 Å². The molecule has 0 aliphatic heterocycles. The number of carbonyl (C=O) groups is 1. The highest BCUT2D eigenvalue weighted by Gasteiger charge is 2.07. The van der Waals surface area contributed by atoms with Crippen molar-refractivity contribution in [2.24, 2.45) is 0 Å². The molecule has 0 aromatic heterocycles. The molecule has 1 aromatic rings. The van der Waals surface area contributed by atoms with Crippen molar-refractivity contribution in [2.75, 3.05) is 19.6 Å². The average molecular weight is 295 g/mol. The summed E-state index contributed by atoms with van der Waals surface area (Å²) < 4.78 is 13.0. The van der Waals surface area contributed by atoms with Gasteiger partial charge in [-0.15, -0.1) is 12.4 Å². The Morgan fingerprint density at radius 1 is 1.28 bits per heavy atom. The van der Waals surface area contributed by atoms with Crippen LogP contribution in [-0.2, 0) is 0 Å². The van der Waals surface area contributed by atoms with Crippen LogP contribution in [0, 0.1) is 5.82 Å². The topological polar surface area (TPSA) is 41.1 Å². The molecular formula is C12H17Cl2FN2O. The van der Waals surface area contributed by atoms with Crippen LogP contribution in [0.15, 0.2) is 18.2 Å². The Labute approximate surface area is 118 Å². The Morgan fingerprint density at radius 2 is 2.00 bits per heavy atom. The summed E-state index contributed by atoms with van der Waals surface area (Å²) in [7, 11) is 0. The number of halogens is 3. The number of benzene rings is 1. The fraction of sp³-hybridized carbons (Fsp3) is 0.417. The third-order valence-corrected chi connectivity index (χ3v) is 2.36. The monoisotopic (exact) mass is 294 g/mol. The maximum Gasteiger partial charge on any atom is 0.251 e. The third-order valence-electron chi connectivity index (χ3n) is 2.14. The van der Waals surface area contributed by atoms with Gasteiger partial charge in [-0.05, 0) is 31.2 Å². The van der Waals surface area contributed by atoms with E-state index in [0.29, 0.717) is 13.1 Å². The lowest BCUT2D eigenvalue weighted by molar-refractivity contribution is 0.0953. The minimum Gasteiger partial charge on any atom is -0.351 e. The van der Waals surface area contributed by atoms with Gasteiger partial charge >= 0.3 is 0 Å². The van der Waals surface area contributed by atoms with Crippen LogP contribution in [-0.4, -0.2) is 25.5 Å². The summed E-state index contributed by atoms with van der Waals surface area (Å²) >= 11 is 5.66. The lowest BCUT2D eigenvalue weighted by atomic mass is 10.2. The van der Waals surface area contributed by atoms with Crippen LogP contribution >= 0.6 is 24.0 Å². The van der Waals surface area contributed by atoms with E-state index < -0.39 is 5.82 Å². The first kappa shape index (κ1) is 17.2. The van der Waals surface area contributed by atoms with E-state index in [2.05, 4.69) is 17.6 Å². The summed E-state index contributed by atoms with van der Waals surface area (Å²) in [5, 5.41) is 6.06. The fourth-order valence-electron chi connectivity index (χ4n) is 1.35. The SMILES string of the molecule is CCCNCCNC(=O)c1cc(F)cc(Cl)c1.Cl. The maximum atomic E-state index is 13.0. The van der Waals surface area contributed by atoms with E-state index in [1.165, 1.54) is 18.2 Å². The van der Waals surface area contributed by atoms with Crippen molar-refractivity contribution in [3.05, 3.63) is 34.6 Å². The molecule has 0 atom stereocenters. The second-order valence-electron chi connectivity index (χ2n) is 3.66. The van der Waals surface area contributed by atoms with Crippen molar-refractivity contribution in [3.8, 4) is 0 Å². The average Bonchev–Trinajstić information content (AvgIpc) is 2.27. The van der Waals surface area contributed by atoms with Gasteiger partial charge in [-0.25, -0.2) is 4.39 Å². The molecular weight excluding hydrogens is 278 g/mol. The molecule has 0 radical (unpaired) electrons. The second-order valence-corrected chi connectivity index (χ2v) is 4.10. The molecule has 2 N–H and O–H groups in total. The normalized spacial score (nSPS) is 9.72. The molecule has 1 amide bonds. The molecule has 3 nitrogen and oxygen atoms in total. The van der Waals surface area contributed by atoms with Gasteiger partial charge in [0.25, 0.3) is 5.91 Å². The van der Waals surface area contributed by atoms with Crippen LogP contribution in [0.2, 0.25) is 5.02 Å². The molecule has 0 unspecified atom stereocenters. The van der Waals surface area contributed by atoms with Gasteiger partial charge < -0.3 is 10.6 Å². The van der Waals surface area contributed by atoms with Crippen molar-refractivity contribution in [3.63, 3.8) is 0 Å². The van der Waals surface area contributed by atoms with Gasteiger partial charge in [0.05, 0.1) is 0 Å². The third kappa shape index (κ3) is 6.19. The molecule has 0 aliphatic rings. The van der Waals surface area contributed by atoms with Gasteiger partial charge in [0.15, 0.2) is 0 Å². The number of rotatable bonds is 6. The summed E-state index contributed by atoms with van der Waals surface area (Å²) in [6, 6.07) is 3.78. The number of hydrogen-bond acceptors (Lipinski definition) is 2. The number of carbonyl (C=O) groups excluding carboxylic acids is 1. The number of amides is 1. The van der Waals surface area contributed by atoms with E-state index in [-0.39, 0.29) is 28.9 Å². The maximum absolute atomic E-state index is 13.0. The smallest absolute Gasteiger partial charge is 0.251 e. The molecule has 0 aliphatic carbocycles. The number of hydrogen-bond donors (Lipinski definition) is 2. The van der Waals surface area contributed by atoms with Gasteiger partial charge in [-0.1, -0.05) is 18.5 Å². The Hall–Kier alpha value is -0.840. The van der Waals surface area contributed by atoms with E-state index in [4.69, 9.17) is 11.6 Å². The summed E-state index contributed by atoms with van der Waals surface area (Å²) in [5.74, 6) is -0.823. The van der Waals surface area contributed by atoms with Crippen LogP contribution in [0.25, 0.3) is 0 Å². The molecule has 0 saturated carbocycles. The van der Waals surface area contributed by atoms with Crippen molar-refractivity contribution >= 4 is 29.9 Å². The van der Waals surface area contributed by atoms with Gasteiger partial charge in [0.2, 0.25) is 0 Å². The molecule has 0 bridgehead atoms. The highest BCUT2D eigenvalue weighted by molar-refractivity contribution is 6.31. The molecule has 18 heavy (non-hydrogen) atoms. The van der Waals surface area contributed by atoms with Crippen molar-refractivity contribution < 1.29 is 9.18 Å². The van der Waals surface area contributed by atoms with E-state index in [1.54, 1.807) is 0 Å². The molecule has 0 fully saturated rings. The predicted octanol–water partition coefficient (Wildman–Crippen LogP) is 2.63. The molecule has 1 rings (SSSR count). The summed E-state index contributed by atoms with van der Waals surface area (Å²) in [6.07, 6.45) is 1.05. The zero-order valence-electron chi connectivity index (χ0n) is 10.1. The van der Waals surface area contributed by atoms with Crippen LogP contribution in [0.1, 0.15) is 23.7 Å². The van der Waals surface area contributed by atoms with E-state index in [9.17, 15) is 9.18 Å². The fourth-order valence-corrected chi connectivity index (χ4v) is 1.57. The van der Waals surface area contributed by atoms with Crippen LogP contribution in [0.4, 0.5) is 4.39 Å². The van der Waals surface area contributed by atoms with Crippen molar-refractivity contribution in [1.82, 2.24) is 10.6 Å². The quantitative estimate of drug-likeness (QED) is 0.792.